The summed E-state index contributed by atoms with van der Waals surface area (Å²) in [5.41, 5.74) is 0.658. The van der Waals surface area contributed by atoms with Crippen molar-refractivity contribution in [1.82, 2.24) is 4.23 Å². The second-order valence-electron chi connectivity index (χ2n) is 8.46. The van der Waals surface area contributed by atoms with E-state index >= 15 is 0 Å². The largest absolute Gasteiger partial charge is 0.429 e. The van der Waals surface area contributed by atoms with Crippen molar-refractivity contribution < 1.29 is 9.53 Å². The molecule has 0 atom stereocenters. The number of hydrogen-bond donors (Lipinski definition) is 0. The fourth-order valence-electron chi connectivity index (χ4n) is 2.54. The van der Waals surface area contributed by atoms with E-state index in [9.17, 15) is 4.79 Å². The van der Waals surface area contributed by atoms with Crippen molar-refractivity contribution in [1.29, 1.82) is 0 Å². The molecule has 0 amide bonds. The quantitative estimate of drug-likeness (QED) is 0.424. The molecule has 0 aliphatic carbocycles. The van der Waals surface area contributed by atoms with Gasteiger partial charge in [-0.3, -0.25) is 4.79 Å². The van der Waals surface area contributed by atoms with E-state index in [1.807, 2.05) is 27.7 Å². The molecule has 0 fully saturated rings. The molecule has 0 aromatic heterocycles. The first-order valence-electron chi connectivity index (χ1n) is 7.28. The Balaban J connectivity index is 5.50. The van der Waals surface area contributed by atoms with Crippen LogP contribution in [0.15, 0.2) is 11.5 Å². The second-order valence-corrected chi connectivity index (χ2v) is 18.5. The third-order valence-corrected chi connectivity index (χ3v) is 10.4. The predicted molar refractivity (Wildman–Crippen MR) is 92.5 cm³/mol. The topological polar surface area (TPSA) is 29.5 Å². The number of hydrogen-bond acceptors (Lipinski definition) is 3. The molecular weight excluding hydrogens is 282 g/mol. The van der Waals surface area contributed by atoms with Gasteiger partial charge in [0, 0.05) is 5.70 Å². The molecule has 20 heavy (non-hydrogen) atoms. The van der Waals surface area contributed by atoms with Crippen molar-refractivity contribution >= 4 is 22.4 Å². The smallest absolute Gasteiger partial charge is 0.316 e. The van der Waals surface area contributed by atoms with E-state index in [4.69, 9.17) is 4.74 Å². The van der Waals surface area contributed by atoms with Crippen molar-refractivity contribution in [3.05, 3.63) is 11.5 Å². The Hall–Kier alpha value is -0.556. The van der Waals surface area contributed by atoms with Crippen LogP contribution in [0.25, 0.3) is 0 Å². The minimum atomic E-state index is -1.50. The maximum Gasteiger partial charge on any atom is 0.316 e. The highest BCUT2D eigenvalue weighted by atomic mass is 28.4. The van der Waals surface area contributed by atoms with Crippen LogP contribution < -0.4 is 0 Å². The van der Waals surface area contributed by atoms with Crippen LogP contribution in [-0.2, 0) is 9.53 Å². The summed E-state index contributed by atoms with van der Waals surface area (Å²) < 4.78 is 8.17. The second kappa shape index (κ2) is 6.06. The molecule has 0 aliphatic rings. The molecule has 3 nitrogen and oxygen atoms in total. The first-order valence-corrected chi connectivity index (χ1v) is 14.2. The molecule has 0 aromatic rings. The van der Waals surface area contributed by atoms with Crippen LogP contribution in [0.4, 0.5) is 0 Å². The number of carbonyl (C=O) groups is 1. The fraction of sp³-hybridized carbons (Fsp3) is 0.800. The molecule has 0 saturated carbocycles. The van der Waals surface area contributed by atoms with Crippen LogP contribution in [0, 0.1) is 5.41 Å². The Morgan fingerprint density at radius 3 is 1.50 bits per heavy atom. The molecule has 0 radical (unpaired) electrons. The van der Waals surface area contributed by atoms with Gasteiger partial charge in [-0.2, -0.15) is 0 Å². The molecule has 0 bridgehead atoms. The van der Waals surface area contributed by atoms with E-state index in [1.54, 1.807) is 0 Å². The van der Waals surface area contributed by atoms with Gasteiger partial charge in [0.1, 0.15) is 22.2 Å². The summed E-state index contributed by atoms with van der Waals surface area (Å²) in [6, 6.07) is 0. The molecule has 0 aromatic carbocycles. The zero-order valence-corrected chi connectivity index (χ0v) is 17.3. The van der Waals surface area contributed by atoms with Crippen LogP contribution in [0.1, 0.15) is 34.6 Å². The Morgan fingerprint density at radius 1 is 0.900 bits per heavy atom. The fourth-order valence-corrected chi connectivity index (χ4v) is 12.9. The molecule has 5 heteroatoms. The maximum absolute atomic E-state index is 12.0. The molecular formula is C15H33NO2Si2. The van der Waals surface area contributed by atoms with Crippen LogP contribution in [0.3, 0.4) is 0 Å². The summed E-state index contributed by atoms with van der Waals surface area (Å²) in [7, 11) is -3.00. The van der Waals surface area contributed by atoms with Gasteiger partial charge in [0.05, 0.1) is 5.41 Å². The van der Waals surface area contributed by atoms with Crippen LogP contribution in [0.2, 0.25) is 39.3 Å². The van der Waals surface area contributed by atoms with E-state index in [1.165, 1.54) is 0 Å². The van der Waals surface area contributed by atoms with Gasteiger partial charge in [0.2, 0.25) is 0 Å². The standard InChI is InChI=1S/C15H33NO2Si2/c1-12(13(2)18-14(17)15(3,4)5)16(19(6,7)8)20(9,10)11/h1-11H3/b13-12-. The Bertz CT molecular complexity index is 382. The summed E-state index contributed by atoms with van der Waals surface area (Å²) in [4.78, 5) is 12.0. The lowest BCUT2D eigenvalue weighted by Gasteiger charge is -2.46. The van der Waals surface area contributed by atoms with Gasteiger partial charge in [-0.15, -0.1) is 0 Å². The van der Waals surface area contributed by atoms with Crippen molar-refractivity contribution in [3.63, 3.8) is 0 Å². The maximum atomic E-state index is 12.0. The number of carbonyl (C=O) groups excluding carboxylic acids is 1. The van der Waals surface area contributed by atoms with Crippen molar-refractivity contribution in [2.45, 2.75) is 73.9 Å². The van der Waals surface area contributed by atoms with Gasteiger partial charge >= 0.3 is 5.97 Å². The highest BCUT2D eigenvalue weighted by Crippen LogP contribution is 2.28. The average molecular weight is 316 g/mol. The highest BCUT2D eigenvalue weighted by molar-refractivity contribution is 6.90. The first-order chi connectivity index (χ1) is 8.58. The van der Waals surface area contributed by atoms with E-state index < -0.39 is 21.9 Å². The lowest BCUT2D eigenvalue weighted by atomic mass is 9.97. The number of rotatable bonds is 4. The highest BCUT2D eigenvalue weighted by Gasteiger charge is 2.36. The summed E-state index contributed by atoms with van der Waals surface area (Å²) in [5, 5.41) is 0. The molecule has 118 valence electrons. The minimum Gasteiger partial charge on any atom is -0.429 e. The molecule has 0 rings (SSSR count). The summed E-state index contributed by atoms with van der Waals surface area (Å²) in [6.07, 6.45) is 0. The number of ether oxygens (including phenoxy) is 1. The lowest BCUT2D eigenvalue weighted by molar-refractivity contribution is -0.148. The first kappa shape index (κ1) is 19.4. The number of nitrogens with zero attached hydrogens (tertiary/aromatic N) is 1. The SMILES string of the molecule is C/C(OC(=O)C(C)(C)C)=C(\C)N([Si](C)(C)C)[Si](C)(C)C. The average Bonchev–Trinajstić information content (AvgIpc) is 2.10. The van der Waals surface area contributed by atoms with E-state index in [0.29, 0.717) is 0 Å². The van der Waals surface area contributed by atoms with E-state index in [2.05, 4.69) is 50.4 Å². The van der Waals surface area contributed by atoms with Crippen molar-refractivity contribution in [2.75, 3.05) is 0 Å². The molecule has 0 heterocycles. The zero-order chi connectivity index (χ0) is 16.5. The van der Waals surface area contributed by atoms with Crippen LogP contribution in [0.5, 0.6) is 0 Å². The van der Waals surface area contributed by atoms with Gasteiger partial charge in [-0.25, -0.2) is 0 Å². The molecule has 0 saturated heterocycles. The lowest BCUT2D eigenvalue weighted by Crippen LogP contribution is -2.58. The van der Waals surface area contributed by atoms with Crippen molar-refractivity contribution in [2.24, 2.45) is 5.41 Å². The van der Waals surface area contributed by atoms with Crippen LogP contribution >= 0.6 is 0 Å². The number of esters is 1. The normalized spacial score (nSPS) is 14.8. The molecule has 0 unspecified atom stereocenters. The molecule has 0 aliphatic heterocycles. The zero-order valence-electron chi connectivity index (χ0n) is 15.3. The summed E-state index contributed by atoms with van der Waals surface area (Å²) in [6.45, 7) is 23.7. The Kier molecular flexibility index (Phi) is 5.89. The minimum absolute atomic E-state index is 0.166. The monoisotopic (exact) mass is 315 g/mol. The van der Waals surface area contributed by atoms with Gasteiger partial charge in [0.25, 0.3) is 0 Å². The van der Waals surface area contributed by atoms with Gasteiger partial charge in [-0.1, -0.05) is 39.3 Å². The van der Waals surface area contributed by atoms with Gasteiger partial charge < -0.3 is 8.97 Å². The van der Waals surface area contributed by atoms with Gasteiger partial charge in [0.15, 0.2) is 0 Å². The Morgan fingerprint density at radius 2 is 1.25 bits per heavy atom. The molecule has 0 N–H and O–H groups in total. The summed E-state index contributed by atoms with van der Waals surface area (Å²) >= 11 is 0. The number of allylic oxidation sites excluding steroid dienone is 2. The van der Waals surface area contributed by atoms with Crippen LogP contribution in [-0.4, -0.2) is 26.7 Å². The third-order valence-electron chi connectivity index (χ3n) is 3.04. The van der Waals surface area contributed by atoms with E-state index in [0.717, 1.165) is 11.5 Å². The third kappa shape index (κ3) is 5.44. The molecule has 0 spiro atoms. The van der Waals surface area contributed by atoms with E-state index in [-0.39, 0.29) is 5.97 Å². The van der Waals surface area contributed by atoms with Crippen molar-refractivity contribution in [3.8, 4) is 0 Å². The van der Waals surface area contributed by atoms with Gasteiger partial charge in [-0.05, 0) is 34.6 Å². The Labute approximate surface area is 127 Å². The predicted octanol–water partition coefficient (Wildman–Crippen LogP) is 4.80. The summed E-state index contributed by atoms with van der Waals surface area (Å²) in [5.74, 6) is 0.579.